The third-order valence-corrected chi connectivity index (χ3v) is 5.17. The van der Waals surface area contributed by atoms with Gasteiger partial charge < -0.3 is 19.3 Å². The smallest absolute Gasteiger partial charge is 0.254 e. The topological polar surface area (TPSA) is 43.2 Å². The molecule has 5 nitrogen and oxygen atoms in total. The van der Waals surface area contributed by atoms with E-state index in [0.29, 0.717) is 23.7 Å². The van der Waals surface area contributed by atoms with E-state index in [1.54, 1.807) is 13.2 Å². The molecule has 1 heterocycles. The maximum atomic E-state index is 12.9. The van der Waals surface area contributed by atoms with Gasteiger partial charge in [-0.25, -0.2) is 0 Å². The lowest BCUT2D eigenvalue weighted by Gasteiger charge is -2.32. The van der Waals surface area contributed by atoms with Gasteiger partial charge in [-0.1, -0.05) is 24.3 Å². The normalized spacial score (nSPS) is 14.9. The fraction of sp³-hybridized carbons (Fsp3) is 0.409. The summed E-state index contributed by atoms with van der Waals surface area (Å²) in [6.45, 7) is 9.15. The Morgan fingerprint density at radius 3 is 2.52 bits per heavy atom. The average Bonchev–Trinajstić information content (AvgIpc) is 2.70. The minimum absolute atomic E-state index is 0.0614. The van der Waals surface area contributed by atoms with Crippen molar-refractivity contribution in [2.24, 2.45) is 0 Å². The van der Waals surface area contributed by atoms with Gasteiger partial charge in [0, 0.05) is 11.1 Å². The molecule has 144 valence electrons. The highest BCUT2D eigenvalue weighted by molar-refractivity contribution is 5.95. The molecule has 0 bridgehead atoms. The summed E-state index contributed by atoms with van der Waals surface area (Å²) in [6, 6.07) is 14.0. The van der Waals surface area contributed by atoms with Gasteiger partial charge in [0.05, 0.1) is 39.9 Å². The second-order valence-electron chi connectivity index (χ2n) is 6.94. The third-order valence-electron chi connectivity index (χ3n) is 5.17. The zero-order valence-corrected chi connectivity index (χ0v) is 16.5. The second kappa shape index (κ2) is 8.91. The van der Waals surface area contributed by atoms with E-state index in [9.17, 15) is 4.79 Å². The molecule has 0 saturated carbocycles. The molecule has 0 atom stereocenters. The number of carbonyl (C=O) groups excluding carboxylic acids is 1. The molecule has 0 aromatic heterocycles. The van der Waals surface area contributed by atoms with Crippen molar-refractivity contribution >= 4 is 5.91 Å². The van der Waals surface area contributed by atoms with Crippen LogP contribution < -0.4 is 14.4 Å². The van der Waals surface area contributed by atoms with Crippen molar-refractivity contribution in [1.82, 2.24) is 4.90 Å². The van der Waals surface area contributed by atoms with E-state index in [-0.39, 0.29) is 5.91 Å². The van der Waals surface area contributed by atoms with E-state index >= 15 is 0 Å². The van der Waals surface area contributed by atoms with Crippen LogP contribution in [0.3, 0.4) is 0 Å². The van der Waals surface area contributed by atoms with Crippen molar-refractivity contribution in [3.05, 3.63) is 59.2 Å². The number of methoxy groups -OCH3 is 1. The van der Waals surface area contributed by atoms with Gasteiger partial charge in [-0.2, -0.15) is 0 Å². The molecule has 0 radical (unpaired) electrons. The zero-order valence-electron chi connectivity index (χ0n) is 16.5. The van der Waals surface area contributed by atoms with Crippen LogP contribution in [-0.2, 0) is 6.54 Å². The number of nitrogens with one attached hydrogen (secondary N) is 1. The zero-order chi connectivity index (χ0) is 19.2. The molecule has 0 spiro atoms. The lowest BCUT2D eigenvalue weighted by molar-refractivity contribution is -0.917. The molecular formula is C22H29N2O3+. The van der Waals surface area contributed by atoms with Crippen molar-refractivity contribution < 1.29 is 19.2 Å². The number of aryl methyl sites for hydroxylation is 1. The van der Waals surface area contributed by atoms with Crippen molar-refractivity contribution in [1.29, 1.82) is 0 Å². The number of quaternary nitrogens is 1. The van der Waals surface area contributed by atoms with Crippen LogP contribution in [0, 0.1) is 6.92 Å². The van der Waals surface area contributed by atoms with Gasteiger partial charge in [-0.05, 0) is 37.6 Å². The van der Waals surface area contributed by atoms with Gasteiger partial charge >= 0.3 is 0 Å². The standard InChI is InChI=1S/C22H28N2O3/c1-4-27-20-10-9-18(15-21(20)26-3)22(25)24-13-11-23(12-14-24)16-19-8-6-5-7-17(19)2/h5-10,15H,4,11-14,16H2,1-3H3/p+1. The van der Waals surface area contributed by atoms with E-state index < -0.39 is 0 Å². The van der Waals surface area contributed by atoms with Gasteiger partial charge in [0.25, 0.3) is 5.91 Å². The predicted molar refractivity (Wildman–Crippen MR) is 106 cm³/mol. The molecule has 3 rings (SSSR count). The Balaban J connectivity index is 1.60. The summed E-state index contributed by atoms with van der Waals surface area (Å²) < 4.78 is 10.9. The molecule has 1 aliphatic rings. The van der Waals surface area contributed by atoms with Crippen LogP contribution in [-0.4, -0.2) is 50.7 Å². The summed E-state index contributed by atoms with van der Waals surface area (Å²) in [7, 11) is 1.60. The number of amides is 1. The van der Waals surface area contributed by atoms with Crippen molar-refractivity contribution in [2.45, 2.75) is 20.4 Å². The van der Waals surface area contributed by atoms with E-state index in [4.69, 9.17) is 9.47 Å². The molecule has 5 heteroatoms. The van der Waals surface area contributed by atoms with E-state index in [0.717, 1.165) is 32.7 Å². The Bertz CT molecular complexity index is 783. The number of carbonyl (C=O) groups is 1. The summed E-state index contributed by atoms with van der Waals surface area (Å²) in [6.07, 6.45) is 0. The highest BCUT2D eigenvalue weighted by Crippen LogP contribution is 2.28. The first-order chi connectivity index (χ1) is 13.1. The van der Waals surface area contributed by atoms with Gasteiger partial charge in [-0.3, -0.25) is 4.79 Å². The third kappa shape index (κ3) is 4.61. The Labute approximate surface area is 161 Å². The number of benzene rings is 2. The van der Waals surface area contributed by atoms with Gasteiger partial charge in [-0.15, -0.1) is 0 Å². The first-order valence-corrected chi connectivity index (χ1v) is 9.60. The second-order valence-corrected chi connectivity index (χ2v) is 6.94. The van der Waals surface area contributed by atoms with Crippen molar-refractivity contribution in [3.8, 4) is 11.5 Å². The van der Waals surface area contributed by atoms with E-state index in [2.05, 4.69) is 31.2 Å². The molecule has 2 aromatic carbocycles. The predicted octanol–water partition coefficient (Wildman–Crippen LogP) is 1.94. The fourth-order valence-electron chi connectivity index (χ4n) is 3.54. The minimum Gasteiger partial charge on any atom is -0.493 e. The monoisotopic (exact) mass is 369 g/mol. The molecule has 1 saturated heterocycles. The van der Waals surface area contributed by atoms with Crippen LogP contribution in [0.5, 0.6) is 11.5 Å². The van der Waals surface area contributed by atoms with Gasteiger partial charge in [0.1, 0.15) is 6.54 Å². The molecule has 1 aliphatic heterocycles. The van der Waals surface area contributed by atoms with Crippen LogP contribution >= 0.6 is 0 Å². The number of rotatable bonds is 6. The first-order valence-electron chi connectivity index (χ1n) is 9.60. The summed E-state index contributed by atoms with van der Waals surface area (Å²) in [5.74, 6) is 1.34. The molecule has 0 unspecified atom stereocenters. The summed E-state index contributed by atoms with van der Waals surface area (Å²) in [4.78, 5) is 16.3. The summed E-state index contributed by atoms with van der Waals surface area (Å²) in [5, 5.41) is 0. The lowest BCUT2D eigenvalue weighted by atomic mass is 10.1. The molecule has 1 fully saturated rings. The van der Waals surface area contributed by atoms with E-state index in [1.165, 1.54) is 16.0 Å². The van der Waals surface area contributed by atoms with Gasteiger partial charge in [0.15, 0.2) is 11.5 Å². The number of hydrogen-bond acceptors (Lipinski definition) is 3. The Morgan fingerprint density at radius 1 is 1.11 bits per heavy atom. The first kappa shape index (κ1) is 19.2. The summed E-state index contributed by atoms with van der Waals surface area (Å²) in [5.41, 5.74) is 3.38. The number of nitrogens with zero attached hydrogens (tertiary/aromatic N) is 1. The largest absolute Gasteiger partial charge is 0.493 e. The van der Waals surface area contributed by atoms with Gasteiger partial charge in [0.2, 0.25) is 0 Å². The fourth-order valence-corrected chi connectivity index (χ4v) is 3.54. The summed E-state index contributed by atoms with van der Waals surface area (Å²) >= 11 is 0. The number of ether oxygens (including phenoxy) is 2. The Morgan fingerprint density at radius 2 is 1.85 bits per heavy atom. The van der Waals surface area contributed by atoms with E-state index in [1.807, 2.05) is 24.0 Å². The van der Waals surface area contributed by atoms with Crippen molar-refractivity contribution in [2.75, 3.05) is 39.9 Å². The molecule has 27 heavy (non-hydrogen) atoms. The SMILES string of the molecule is CCOc1ccc(C(=O)N2CC[NH+](Cc3ccccc3C)CC2)cc1OC. The Hall–Kier alpha value is -2.53. The average molecular weight is 369 g/mol. The van der Waals surface area contributed by atoms with Crippen LogP contribution in [0.2, 0.25) is 0 Å². The molecular weight excluding hydrogens is 340 g/mol. The molecule has 0 aliphatic carbocycles. The maximum Gasteiger partial charge on any atom is 0.254 e. The maximum absolute atomic E-state index is 12.9. The van der Waals surface area contributed by atoms with Crippen molar-refractivity contribution in [3.63, 3.8) is 0 Å². The lowest BCUT2D eigenvalue weighted by Crippen LogP contribution is -3.13. The number of piperazine rings is 1. The molecule has 1 N–H and O–H groups in total. The highest BCUT2D eigenvalue weighted by Gasteiger charge is 2.25. The van der Waals surface area contributed by atoms with Crippen LogP contribution in [0.15, 0.2) is 42.5 Å². The highest BCUT2D eigenvalue weighted by atomic mass is 16.5. The van der Waals surface area contributed by atoms with Crippen LogP contribution in [0.1, 0.15) is 28.4 Å². The minimum atomic E-state index is 0.0614. The number of hydrogen-bond donors (Lipinski definition) is 1. The van der Waals surface area contributed by atoms with Crippen LogP contribution in [0.25, 0.3) is 0 Å². The van der Waals surface area contributed by atoms with Crippen LogP contribution in [0.4, 0.5) is 0 Å². The Kier molecular flexibility index (Phi) is 6.35. The molecule has 2 aromatic rings. The molecule has 1 amide bonds. The quantitative estimate of drug-likeness (QED) is 0.846.